The van der Waals surface area contributed by atoms with Crippen LogP contribution in [0.3, 0.4) is 0 Å². The maximum atomic E-state index is 5.18. The third-order valence-corrected chi connectivity index (χ3v) is 14.5. The van der Waals surface area contributed by atoms with Gasteiger partial charge in [-0.1, -0.05) is 170 Å². The second-order valence-corrected chi connectivity index (χ2v) is 19.4. The van der Waals surface area contributed by atoms with Crippen molar-refractivity contribution in [3.05, 3.63) is 251 Å². The van der Waals surface area contributed by atoms with E-state index in [1.807, 2.05) is 218 Å². The number of para-hydroxylation sites is 8. The van der Waals surface area contributed by atoms with Crippen LogP contribution in [0.1, 0.15) is 30.8 Å². The van der Waals surface area contributed by atoms with Crippen molar-refractivity contribution < 1.29 is 47.5 Å². The maximum absolute atomic E-state index is 5.18. The molecule has 20 nitrogen and oxygen atoms in total. The number of aliphatic imine (C=N–C) groups is 4. The fourth-order valence-electron chi connectivity index (χ4n) is 10.9. The Bertz CT molecular complexity index is 3760. The summed E-state index contributed by atoms with van der Waals surface area (Å²) in [5, 5.41) is 30.8. The summed E-state index contributed by atoms with van der Waals surface area (Å²) in [5.74, 6) is 4.08. The van der Waals surface area contributed by atoms with E-state index < -0.39 is 22.7 Å². The molecule has 4 aliphatic heterocycles. The van der Waals surface area contributed by atoms with E-state index in [-0.39, 0.29) is 47.5 Å². The number of anilines is 4. The quantitative estimate of drug-likeness (QED) is 0.0643. The summed E-state index contributed by atoms with van der Waals surface area (Å²) >= 11 is 0. The fraction of sp³-hybridized carbons (Fsp3) is 0.0667. The van der Waals surface area contributed by atoms with Crippen molar-refractivity contribution in [1.82, 2.24) is 50.5 Å². The van der Waals surface area contributed by atoms with Gasteiger partial charge in [0.25, 0.3) is 0 Å². The van der Waals surface area contributed by atoms with Crippen LogP contribution in [0.5, 0.6) is 0 Å². The van der Waals surface area contributed by atoms with Crippen molar-refractivity contribution in [2.24, 2.45) is 20.0 Å². The molecule has 10 N–H and O–H groups in total. The maximum Gasteiger partial charge on any atom is 2.00 e. The topological polar surface area (TPSA) is 265 Å². The summed E-state index contributed by atoms with van der Waals surface area (Å²) in [6, 6.07) is 71.6. The third kappa shape index (κ3) is 8.67. The molecular formula is C60H58N20Zn2+2. The van der Waals surface area contributed by atoms with Crippen LogP contribution in [-0.2, 0) is 61.6 Å². The normalized spacial score (nSPS) is 20.9. The largest absolute Gasteiger partial charge is 2.00 e. The van der Waals surface area contributed by atoms with Gasteiger partial charge in [0.2, 0.25) is 23.8 Å². The number of aromatic nitrogens is 8. The number of nitrogens with zero attached hydrogens (tertiary/aromatic N) is 10. The number of guanidine groups is 4. The minimum absolute atomic E-state index is 0. The van der Waals surface area contributed by atoms with Gasteiger partial charge >= 0.3 is 39.0 Å². The number of hydrogen-bond acceptors (Lipinski definition) is 14. The second kappa shape index (κ2) is 20.6. The molecule has 0 unspecified atom stereocenters. The number of H-pyrrole nitrogens is 4. The number of benzene rings is 8. The minimum atomic E-state index is -1.14. The van der Waals surface area contributed by atoms with Gasteiger partial charge in [0.15, 0.2) is 11.3 Å². The smallest absolute Gasteiger partial charge is 0.383 e. The van der Waals surface area contributed by atoms with Crippen molar-refractivity contribution in [3.8, 4) is 0 Å². The first kappa shape index (κ1) is 51.4. The van der Waals surface area contributed by atoms with Gasteiger partial charge in [0, 0.05) is 20.5 Å². The average Bonchev–Trinajstić information content (AvgIpc) is 4.29. The van der Waals surface area contributed by atoms with Crippen LogP contribution in [0.4, 0.5) is 23.8 Å². The van der Waals surface area contributed by atoms with Gasteiger partial charge in [0.05, 0.1) is 44.1 Å². The monoisotopic (exact) mass is 1190 g/mol. The predicted octanol–water partition coefficient (Wildman–Crippen LogP) is 12.2. The first-order valence-electron chi connectivity index (χ1n) is 25.9. The van der Waals surface area contributed by atoms with Gasteiger partial charge in [-0.25, -0.2) is 29.9 Å². The molecular weight excluding hydrogens is 1130 g/mol. The van der Waals surface area contributed by atoms with E-state index in [4.69, 9.17) is 30.6 Å². The molecule has 12 aromatic rings. The van der Waals surface area contributed by atoms with Gasteiger partial charge in [-0.15, -0.1) is 0 Å². The summed E-state index contributed by atoms with van der Waals surface area (Å²) < 4.78 is 0. The van der Waals surface area contributed by atoms with E-state index in [1.54, 1.807) is 0 Å². The molecule has 0 amide bonds. The fourth-order valence-corrected chi connectivity index (χ4v) is 10.9. The molecule has 0 radical (unpaired) electrons. The molecule has 8 heterocycles. The van der Waals surface area contributed by atoms with Gasteiger partial charge in [-0.3, -0.25) is 10.6 Å². The van der Waals surface area contributed by atoms with E-state index in [2.05, 4.69) is 71.8 Å². The van der Waals surface area contributed by atoms with E-state index in [0.29, 0.717) is 47.6 Å². The van der Waals surface area contributed by atoms with Gasteiger partial charge in [0.1, 0.15) is 23.2 Å². The Kier molecular flexibility index (Phi) is 12.9. The molecule has 400 valence electrons. The summed E-state index contributed by atoms with van der Waals surface area (Å²) in [5.41, 5.74) is 6.31. The Morgan fingerprint density at radius 3 is 0.878 bits per heavy atom. The number of fused-ring (bicyclic) bond motifs is 6. The van der Waals surface area contributed by atoms with Crippen molar-refractivity contribution in [1.29, 1.82) is 0 Å². The molecule has 0 spiro atoms. The van der Waals surface area contributed by atoms with Crippen LogP contribution < -0.4 is 31.9 Å². The molecule has 8 aromatic carbocycles. The first-order valence-corrected chi connectivity index (χ1v) is 25.9. The molecule has 4 aliphatic rings. The number of nitrogens with one attached hydrogen (secondary N) is 10. The number of rotatable bonds is 8. The number of imidazole rings is 4. The van der Waals surface area contributed by atoms with E-state index >= 15 is 0 Å². The molecule has 16 rings (SSSR count). The van der Waals surface area contributed by atoms with E-state index in [9.17, 15) is 0 Å². The SMILES string of the molecule is [HH].[HH].[HH].[HH].[HH].[HH].[Zn+2].[Zn+2].c1ccc([C@]23N=C(Nc4nc5ccccc5[nH]4)N[C@@]2(c2ccccc2)N=C(Nc2nc4ccccc4[nH]2)[N-]3)cc1.c1ccc([C@]23N=C(Nc4nc5ccccc5[nH]4)N[C@@]2(c2ccccc2)N=C(Nc2nc4ccccc4[nH]2)[N-]3)cc1. The van der Waals surface area contributed by atoms with Gasteiger partial charge < -0.3 is 61.8 Å². The zero-order valence-corrected chi connectivity index (χ0v) is 49.6. The summed E-state index contributed by atoms with van der Waals surface area (Å²) in [7, 11) is 0. The summed E-state index contributed by atoms with van der Waals surface area (Å²) in [4.78, 5) is 52.6. The van der Waals surface area contributed by atoms with E-state index in [0.717, 1.165) is 66.4 Å². The minimum Gasteiger partial charge on any atom is -0.383 e. The van der Waals surface area contributed by atoms with Crippen LogP contribution in [0, 0.1) is 0 Å². The molecule has 0 aliphatic carbocycles. The number of aromatic amines is 4. The Morgan fingerprint density at radius 1 is 0.305 bits per heavy atom. The van der Waals surface area contributed by atoms with E-state index in [1.165, 1.54) is 0 Å². The first-order chi connectivity index (χ1) is 39.4. The summed E-state index contributed by atoms with van der Waals surface area (Å²) in [6.07, 6.45) is 0. The zero-order chi connectivity index (χ0) is 53.1. The Morgan fingerprint density at radius 2 is 0.573 bits per heavy atom. The summed E-state index contributed by atoms with van der Waals surface area (Å²) in [6.45, 7) is 0. The Hall–Kier alpha value is -10.0. The molecule has 0 saturated carbocycles. The van der Waals surface area contributed by atoms with Crippen LogP contribution in [0.2, 0.25) is 0 Å². The Labute approximate surface area is 502 Å². The molecule has 22 heteroatoms. The van der Waals surface area contributed by atoms with Gasteiger partial charge in [-0.2, -0.15) is 0 Å². The molecule has 0 fully saturated rings. The van der Waals surface area contributed by atoms with Gasteiger partial charge in [-0.05, 0) is 70.8 Å². The van der Waals surface area contributed by atoms with Crippen molar-refractivity contribution >= 4 is 91.8 Å². The molecule has 4 atom stereocenters. The predicted molar refractivity (Wildman–Crippen MR) is 327 cm³/mol. The second-order valence-electron chi connectivity index (χ2n) is 19.4. The molecule has 0 bridgehead atoms. The van der Waals surface area contributed by atoms with Crippen LogP contribution in [-0.4, -0.2) is 63.7 Å². The third-order valence-electron chi connectivity index (χ3n) is 14.5. The zero-order valence-electron chi connectivity index (χ0n) is 43.7. The van der Waals surface area contributed by atoms with Crippen LogP contribution >= 0.6 is 0 Å². The average molecular weight is 1190 g/mol. The standard InChI is InChI=1S/2C30H23N10.2Zn.6H2/c2*1-3-11-19(12-4-1)29-30(20-13-5-2-6-14-20,39-27(37-29)35-25-31-21-15-7-8-16-22(21)32-25)40-28(38-29)36-26-33-23-17-9-10-18-24(23)34-26;;;;;;;;/h2*1-18H,(H5-,31,32,33,34,35,36,37,38,39,40);;;6*1H/q2*-1;2*+2;;;;;;/t2*29-,30+;;;;;;;;. The molecule has 82 heavy (non-hydrogen) atoms. The van der Waals surface area contributed by atoms with Crippen molar-refractivity contribution in [3.63, 3.8) is 0 Å². The molecule has 0 saturated heterocycles. The molecule has 4 aromatic heterocycles. The number of hydrogen-bond donors (Lipinski definition) is 10. The van der Waals surface area contributed by atoms with Crippen LogP contribution in [0.15, 0.2) is 238 Å². The van der Waals surface area contributed by atoms with Crippen molar-refractivity contribution in [2.75, 3.05) is 21.3 Å². The Balaban J connectivity index is 0.000000230. The van der Waals surface area contributed by atoms with Crippen LogP contribution in [0.25, 0.3) is 54.8 Å². The van der Waals surface area contributed by atoms with Crippen molar-refractivity contribution in [2.45, 2.75) is 22.7 Å².